The van der Waals surface area contributed by atoms with Crippen LogP contribution in [0.15, 0.2) is 18.3 Å². The van der Waals surface area contributed by atoms with Crippen molar-refractivity contribution < 1.29 is 9.59 Å². The van der Waals surface area contributed by atoms with Gasteiger partial charge in [-0.1, -0.05) is 0 Å². The third-order valence-electron chi connectivity index (χ3n) is 4.97. The fourth-order valence-electron chi connectivity index (χ4n) is 3.79. The molecular weight excluding hydrogens is 304 g/mol. The first-order valence-corrected chi connectivity index (χ1v) is 8.92. The lowest BCUT2D eigenvalue weighted by Gasteiger charge is -2.35. The summed E-state index contributed by atoms with van der Waals surface area (Å²) in [5, 5.41) is 0. The summed E-state index contributed by atoms with van der Waals surface area (Å²) in [5.74, 6) is 0.820. The minimum atomic E-state index is -0.257. The Morgan fingerprint density at radius 1 is 1.17 bits per heavy atom. The fourth-order valence-corrected chi connectivity index (χ4v) is 3.79. The molecule has 2 amide bonds. The Kier molecular flexibility index (Phi) is 5.33. The van der Waals surface area contributed by atoms with Gasteiger partial charge in [-0.15, -0.1) is 0 Å². The van der Waals surface area contributed by atoms with Crippen molar-refractivity contribution in [2.75, 3.05) is 31.1 Å². The highest BCUT2D eigenvalue weighted by atomic mass is 16.2. The van der Waals surface area contributed by atoms with Gasteiger partial charge in [0.05, 0.1) is 5.56 Å². The molecular formula is C18H26N4O2. The number of nitrogens with two attached hydrogens (primary N) is 1. The van der Waals surface area contributed by atoms with E-state index in [1.54, 1.807) is 6.20 Å². The number of primary amides is 1. The number of carbonyl (C=O) groups is 2. The molecule has 2 N–H and O–H groups in total. The van der Waals surface area contributed by atoms with Crippen LogP contribution in [0.5, 0.6) is 0 Å². The summed E-state index contributed by atoms with van der Waals surface area (Å²) < 4.78 is 0. The highest BCUT2D eigenvalue weighted by Gasteiger charge is 2.27. The number of pyridine rings is 1. The second-order valence-electron chi connectivity index (χ2n) is 6.85. The topological polar surface area (TPSA) is 79.5 Å². The molecule has 1 unspecified atom stereocenters. The Morgan fingerprint density at radius 3 is 2.71 bits per heavy atom. The van der Waals surface area contributed by atoms with E-state index in [1.165, 1.54) is 6.42 Å². The van der Waals surface area contributed by atoms with Crippen LogP contribution in [0.25, 0.3) is 0 Å². The number of carbonyl (C=O) groups excluding carboxylic acids is 2. The maximum atomic E-state index is 12.9. The van der Waals surface area contributed by atoms with E-state index in [2.05, 4.69) is 9.88 Å². The van der Waals surface area contributed by atoms with Crippen molar-refractivity contribution in [2.24, 2.45) is 11.7 Å². The second kappa shape index (κ2) is 7.64. The standard InChI is InChI=1S/C18H26N4O2/c19-16(23)12-14-6-5-11-22(13-14)17-15(7-4-8-20-17)18(24)21-9-2-1-3-10-21/h4,7-8,14H,1-3,5-6,9-13H2,(H2,19,23). The van der Waals surface area contributed by atoms with Crippen molar-refractivity contribution in [3.63, 3.8) is 0 Å². The summed E-state index contributed by atoms with van der Waals surface area (Å²) >= 11 is 0. The molecule has 0 spiro atoms. The number of likely N-dealkylation sites (tertiary alicyclic amines) is 1. The number of anilines is 1. The third-order valence-corrected chi connectivity index (χ3v) is 4.97. The lowest BCUT2D eigenvalue weighted by atomic mass is 9.94. The van der Waals surface area contributed by atoms with Gasteiger partial charge in [0.1, 0.15) is 5.82 Å². The van der Waals surface area contributed by atoms with Crippen LogP contribution < -0.4 is 10.6 Å². The Labute approximate surface area is 143 Å². The van der Waals surface area contributed by atoms with E-state index in [9.17, 15) is 9.59 Å². The van der Waals surface area contributed by atoms with E-state index in [1.807, 2.05) is 17.0 Å². The lowest BCUT2D eigenvalue weighted by Crippen LogP contribution is -2.40. The number of piperidine rings is 2. The number of nitrogens with zero attached hydrogens (tertiary/aromatic N) is 3. The summed E-state index contributed by atoms with van der Waals surface area (Å²) in [4.78, 5) is 32.7. The summed E-state index contributed by atoms with van der Waals surface area (Å²) in [6.45, 7) is 3.27. The van der Waals surface area contributed by atoms with Gasteiger partial charge in [-0.3, -0.25) is 9.59 Å². The quantitative estimate of drug-likeness (QED) is 0.913. The summed E-state index contributed by atoms with van der Waals surface area (Å²) in [7, 11) is 0. The minimum absolute atomic E-state index is 0.0785. The van der Waals surface area contributed by atoms with Gasteiger partial charge in [0.2, 0.25) is 5.91 Å². The van der Waals surface area contributed by atoms with E-state index >= 15 is 0 Å². The molecule has 3 heterocycles. The number of hydrogen-bond donors (Lipinski definition) is 1. The molecule has 0 aromatic carbocycles. The zero-order valence-corrected chi connectivity index (χ0v) is 14.1. The molecule has 130 valence electrons. The Balaban J connectivity index is 1.78. The Bertz CT molecular complexity index is 598. The molecule has 1 aromatic heterocycles. The van der Waals surface area contributed by atoms with E-state index in [-0.39, 0.29) is 17.7 Å². The largest absolute Gasteiger partial charge is 0.370 e. The Hall–Kier alpha value is -2.11. The molecule has 0 radical (unpaired) electrons. The first-order valence-electron chi connectivity index (χ1n) is 8.92. The predicted octanol–water partition coefficient (Wildman–Crippen LogP) is 1.80. The Morgan fingerprint density at radius 2 is 1.96 bits per heavy atom. The highest BCUT2D eigenvalue weighted by Crippen LogP contribution is 2.27. The van der Waals surface area contributed by atoms with Crippen molar-refractivity contribution in [1.82, 2.24) is 9.88 Å². The van der Waals surface area contributed by atoms with Gasteiger partial charge in [-0.2, -0.15) is 0 Å². The van der Waals surface area contributed by atoms with Gasteiger partial charge in [0.25, 0.3) is 5.91 Å². The van der Waals surface area contributed by atoms with Gasteiger partial charge in [-0.05, 0) is 50.2 Å². The molecule has 0 aliphatic carbocycles. The van der Waals surface area contributed by atoms with E-state index in [0.29, 0.717) is 12.0 Å². The summed E-state index contributed by atoms with van der Waals surface area (Å²) in [6, 6.07) is 3.70. The number of amides is 2. The van der Waals surface area contributed by atoms with Crippen LogP contribution in [0.3, 0.4) is 0 Å². The first kappa shape index (κ1) is 16.7. The molecule has 6 nitrogen and oxygen atoms in total. The summed E-state index contributed by atoms with van der Waals surface area (Å²) in [6.07, 6.45) is 7.48. The average molecular weight is 330 g/mol. The number of aromatic nitrogens is 1. The zero-order valence-electron chi connectivity index (χ0n) is 14.1. The van der Waals surface area contributed by atoms with Crippen molar-refractivity contribution in [2.45, 2.75) is 38.5 Å². The van der Waals surface area contributed by atoms with Crippen LogP contribution in [0.4, 0.5) is 5.82 Å². The van der Waals surface area contributed by atoms with Crippen LogP contribution >= 0.6 is 0 Å². The second-order valence-corrected chi connectivity index (χ2v) is 6.85. The number of hydrogen-bond acceptors (Lipinski definition) is 4. The SMILES string of the molecule is NC(=O)CC1CCCN(c2ncccc2C(=O)N2CCCCC2)C1. The van der Waals surface area contributed by atoms with Crippen LogP contribution in [0.2, 0.25) is 0 Å². The highest BCUT2D eigenvalue weighted by molar-refractivity contribution is 5.99. The number of rotatable bonds is 4. The smallest absolute Gasteiger partial charge is 0.257 e. The van der Waals surface area contributed by atoms with E-state index in [0.717, 1.165) is 57.7 Å². The third kappa shape index (κ3) is 3.86. The van der Waals surface area contributed by atoms with Gasteiger partial charge in [-0.25, -0.2) is 4.98 Å². The molecule has 6 heteroatoms. The minimum Gasteiger partial charge on any atom is -0.370 e. The van der Waals surface area contributed by atoms with Crippen LogP contribution in [0, 0.1) is 5.92 Å². The summed E-state index contributed by atoms with van der Waals surface area (Å²) in [5.41, 5.74) is 6.03. The molecule has 0 saturated carbocycles. The molecule has 2 aliphatic heterocycles. The van der Waals surface area contributed by atoms with Crippen LogP contribution in [-0.2, 0) is 4.79 Å². The van der Waals surface area contributed by atoms with Gasteiger partial charge in [0, 0.05) is 38.8 Å². The monoisotopic (exact) mass is 330 g/mol. The van der Waals surface area contributed by atoms with Crippen LogP contribution in [-0.4, -0.2) is 47.9 Å². The van der Waals surface area contributed by atoms with Gasteiger partial charge in [0.15, 0.2) is 0 Å². The van der Waals surface area contributed by atoms with Crippen molar-refractivity contribution >= 4 is 17.6 Å². The normalized spacial score (nSPS) is 21.6. The maximum Gasteiger partial charge on any atom is 0.257 e. The first-order chi connectivity index (χ1) is 11.6. The molecule has 3 rings (SSSR count). The van der Waals surface area contributed by atoms with Gasteiger partial charge < -0.3 is 15.5 Å². The van der Waals surface area contributed by atoms with E-state index in [4.69, 9.17) is 5.73 Å². The molecule has 2 fully saturated rings. The molecule has 2 aliphatic rings. The molecule has 1 aromatic rings. The average Bonchev–Trinajstić information content (AvgIpc) is 2.61. The maximum absolute atomic E-state index is 12.9. The lowest BCUT2D eigenvalue weighted by molar-refractivity contribution is -0.118. The molecule has 1 atom stereocenters. The van der Waals surface area contributed by atoms with Gasteiger partial charge >= 0.3 is 0 Å². The fraction of sp³-hybridized carbons (Fsp3) is 0.611. The predicted molar refractivity (Wildman–Crippen MR) is 92.7 cm³/mol. The van der Waals surface area contributed by atoms with Crippen molar-refractivity contribution in [3.8, 4) is 0 Å². The van der Waals surface area contributed by atoms with Crippen LogP contribution in [0.1, 0.15) is 48.9 Å². The molecule has 2 saturated heterocycles. The van der Waals surface area contributed by atoms with Crippen molar-refractivity contribution in [3.05, 3.63) is 23.9 Å². The zero-order chi connectivity index (χ0) is 16.9. The molecule has 24 heavy (non-hydrogen) atoms. The molecule has 0 bridgehead atoms. The van der Waals surface area contributed by atoms with Crippen molar-refractivity contribution in [1.29, 1.82) is 0 Å². The van der Waals surface area contributed by atoms with E-state index < -0.39 is 0 Å².